The number of aromatic nitrogens is 3. The number of nitrogens with zero attached hydrogens (tertiary/aromatic N) is 5. The van der Waals surface area contributed by atoms with Gasteiger partial charge < -0.3 is 20.1 Å². The van der Waals surface area contributed by atoms with E-state index in [2.05, 4.69) is 30.8 Å². The van der Waals surface area contributed by atoms with Crippen molar-refractivity contribution >= 4 is 46.4 Å². The van der Waals surface area contributed by atoms with E-state index >= 15 is 0 Å². The molecule has 0 unspecified atom stereocenters. The van der Waals surface area contributed by atoms with Crippen molar-refractivity contribution in [2.75, 3.05) is 26.0 Å². The number of aliphatic imine (C=N–C) groups is 1. The van der Waals surface area contributed by atoms with E-state index < -0.39 is 0 Å². The summed E-state index contributed by atoms with van der Waals surface area (Å²) in [4.78, 5) is 15.1. The Labute approximate surface area is 162 Å². The third-order valence-electron chi connectivity index (χ3n) is 3.42. The van der Waals surface area contributed by atoms with Crippen molar-refractivity contribution < 1.29 is 4.52 Å². The molecule has 0 atom stereocenters. The molecule has 0 radical (unpaired) electrons. The van der Waals surface area contributed by atoms with E-state index in [1.165, 1.54) is 0 Å². The molecule has 2 aromatic heterocycles. The molecule has 1 saturated carbocycles. The Morgan fingerprint density at radius 3 is 2.71 bits per heavy atom. The molecule has 1 fully saturated rings. The fraction of sp³-hybridized carbons (Fsp3) is 0.571. The van der Waals surface area contributed by atoms with Crippen molar-refractivity contribution in [2.45, 2.75) is 31.8 Å². The Kier molecular flexibility index (Phi) is 6.78. The first kappa shape index (κ1) is 18.9. The summed E-state index contributed by atoms with van der Waals surface area (Å²) in [6.45, 7) is 1.07. The Hall–Kier alpha value is -1.43. The molecule has 0 spiro atoms. The summed E-state index contributed by atoms with van der Waals surface area (Å²) < 4.78 is 5.23. The summed E-state index contributed by atoms with van der Waals surface area (Å²) in [5.74, 6) is 2.58. The lowest BCUT2D eigenvalue weighted by atomic mass is 10.4. The van der Waals surface area contributed by atoms with Gasteiger partial charge in [-0.3, -0.25) is 4.99 Å². The fourth-order valence-corrected chi connectivity index (χ4v) is 2.74. The van der Waals surface area contributed by atoms with Crippen molar-refractivity contribution in [2.24, 2.45) is 4.99 Å². The highest BCUT2D eigenvalue weighted by Gasteiger charge is 2.28. The first-order chi connectivity index (χ1) is 11.2. The van der Waals surface area contributed by atoms with Gasteiger partial charge in [0.1, 0.15) is 0 Å². The molecule has 2 aromatic rings. The van der Waals surface area contributed by atoms with Gasteiger partial charge in [-0.2, -0.15) is 4.98 Å². The van der Waals surface area contributed by atoms with E-state index in [0.29, 0.717) is 30.9 Å². The van der Waals surface area contributed by atoms with Gasteiger partial charge in [-0.05, 0) is 12.8 Å². The standard InChI is InChI=1S/C14H21N7OS.HI/c1-15-13(16-6-10-8-23-14(18-10)21(2)3)17-7-11-19-12(20-22-11)9-4-5-9;/h8-9H,4-7H2,1-3H3,(H2,15,16,17);1H. The van der Waals surface area contributed by atoms with Crippen LogP contribution < -0.4 is 15.5 Å². The second-order valence-corrected chi connectivity index (χ2v) is 6.45. The number of thiazole rings is 1. The molecule has 24 heavy (non-hydrogen) atoms. The molecule has 2 N–H and O–H groups in total. The van der Waals surface area contributed by atoms with E-state index in [9.17, 15) is 0 Å². The van der Waals surface area contributed by atoms with Crippen LogP contribution in [0.15, 0.2) is 14.9 Å². The molecule has 0 aromatic carbocycles. The SMILES string of the molecule is CN=C(NCc1csc(N(C)C)n1)NCc1nc(C2CC2)no1.I. The van der Waals surface area contributed by atoms with Crippen LogP contribution >= 0.6 is 35.3 Å². The fourth-order valence-electron chi connectivity index (χ4n) is 1.98. The Bertz CT molecular complexity index is 634. The Balaban J connectivity index is 0.00000208. The summed E-state index contributed by atoms with van der Waals surface area (Å²) in [5.41, 5.74) is 0.982. The maximum atomic E-state index is 5.23. The third-order valence-corrected chi connectivity index (χ3v) is 4.47. The molecule has 0 bridgehead atoms. The maximum Gasteiger partial charge on any atom is 0.246 e. The van der Waals surface area contributed by atoms with Gasteiger partial charge in [0.2, 0.25) is 5.89 Å². The van der Waals surface area contributed by atoms with Crippen LogP contribution in [0.3, 0.4) is 0 Å². The van der Waals surface area contributed by atoms with Crippen LogP contribution in [0.4, 0.5) is 5.13 Å². The minimum atomic E-state index is 0. The lowest BCUT2D eigenvalue weighted by Gasteiger charge is -2.09. The summed E-state index contributed by atoms with van der Waals surface area (Å²) in [7, 11) is 5.69. The first-order valence-corrected chi connectivity index (χ1v) is 8.42. The quantitative estimate of drug-likeness (QED) is 0.385. The second-order valence-electron chi connectivity index (χ2n) is 5.62. The van der Waals surface area contributed by atoms with E-state index in [1.54, 1.807) is 18.4 Å². The summed E-state index contributed by atoms with van der Waals surface area (Å²) >= 11 is 1.62. The van der Waals surface area contributed by atoms with Crippen LogP contribution in [-0.4, -0.2) is 42.2 Å². The minimum absolute atomic E-state index is 0. The first-order valence-electron chi connectivity index (χ1n) is 7.54. The van der Waals surface area contributed by atoms with Gasteiger partial charge in [0, 0.05) is 32.4 Å². The number of nitrogens with one attached hydrogen (secondary N) is 2. The molecule has 3 rings (SSSR count). The van der Waals surface area contributed by atoms with Gasteiger partial charge in [-0.1, -0.05) is 5.16 Å². The Morgan fingerprint density at radius 1 is 1.33 bits per heavy atom. The lowest BCUT2D eigenvalue weighted by Crippen LogP contribution is -2.36. The van der Waals surface area contributed by atoms with E-state index in [1.807, 2.05) is 24.4 Å². The molecular weight excluding hydrogens is 441 g/mol. The van der Waals surface area contributed by atoms with Crippen molar-refractivity contribution in [3.8, 4) is 0 Å². The van der Waals surface area contributed by atoms with Gasteiger partial charge in [-0.15, -0.1) is 35.3 Å². The predicted molar refractivity (Wildman–Crippen MR) is 105 cm³/mol. The summed E-state index contributed by atoms with van der Waals surface area (Å²) in [6.07, 6.45) is 2.33. The zero-order valence-electron chi connectivity index (χ0n) is 13.9. The van der Waals surface area contributed by atoms with Crippen LogP contribution in [0, 0.1) is 0 Å². The highest BCUT2D eigenvalue weighted by molar-refractivity contribution is 14.0. The normalized spacial score (nSPS) is 14.2. The van der Waals surface area contributed by atoms with Gasteiger partial charge >= 0.3 is 0 Å². The molecule has 2 heterocycles. The summed E-state index contributed by atoms with van der Waals surface area (Å²) in [6, 6.07) is 0. The monoisotopic (exact) mass is 463 g/mol. The van der Waals surface area contributed by atoms with Crippen molar-refractivity contribution in [1.82, 2.24) is 25.8 Å². The van der Waals surface area contributed by atoms with E-state index in [4.69, 9.17) is 4.52 Å². The Morgan fingerprint density at radius 2 is 2.08 bits per heavy atom. The molecule has 1 aliphatic rings. The number of rotatable bonds is 6. The third kappa shape index (κ3) is 5.03. The molecule has 132 valence electrons. The highest BCUT2D eigenvalue weighted by Crippen LogP contribution is 2.38. The van der Waals surface area contributed by atoms with Crippen LogP contribution in [-0.2, 0) is 13.1 Å². The van der Waals surface area contributed by atoms with E-state index in [-0.39, 0.29) is 24.0 Å². The number of anilines is 1. The lowest BCUT2D eigenvalue weighted by molar-refractivity contribution is 0.370. The zero-order valence-corrected chi connectivity index (χ0v) is 17.1. The van der Waals surface area contributed by atoms with Crippen molar-refractivity contribution in [3.63, 3.8) is 0 Å². The smallest absolute Gasteiger partial charge is 0.246 e. The average Bonchev–Trinajstić information content (AvgIpc) is 3.10. The summed E-state index contributed by atoms with van der Waals surface area (Å²) in [5, 5.41) is 13.4. The number of halogens is 1. The van der Waals surface area contributed by atoms with Gasteiger partial charge in [0.05, 0.1) is 18.8 Å². The van der Waals surface area contributed by atoms with Crippen molar-refractivity contribution in [3.05, 3.63) is 22.8 Å². The topological polar surface area (TPSA) is 91.5 Å². The molecule has 0 amide bonds. The molecular formula is C14H22IN7OS. The van der Waals surface area contributed by atoms with Gasteiger partial charge in [-0.25, -0.2) is 4.98 Å². The molecule has 10 heteroatoms. The van der Waals surface area contributed by atoms with Gasteiger partial charge in [0.25, 0.3) is 0 Å². The number of guanidine groups is 1. The number of hydrogen-bond acceptors (Lipinski definition) is 7. The zero-order chi connectivity index (χ0) is 16.2. The maximum absolute atomic E-state index is 5.23. The van der Waals surface area contributed by atoms with Crippen LogP contribution in [0.5, 0.6) is 0 Å². The molecule has 0 saturated heterocycles. The van der Waals surface area contributed by atoms with E-state index in [0.717, 1.165) is 29.5 Å². The van der Waals surface area contributed by atoms with Crippen LogP contribution in [0.2, 0.25) is 0 Å². The minimum Gasteiger partial charge on any atom is -0.354 e. The predicted octanol–water partition coefficient (Wildman–Crippen LogP) is 1.95. The molecule has 8 nitrogen and oxygen atoms in total. The largest absolute Gasteiger partial charge is 0.354 e. The molecule has 0 aliphatic heterocycles. The number of hydrogen-bond donors (Lipinski definition) is 2. The molecule has 1 aliphatic carbocycles. The van der Waals surface area contributed by atoms with Crippen LogP contribution in [0.1, 0.15) is 36.2 Å². The average molecular weight is 463 g/mol. The second kappa shape index (κ2) is 8.60. The van der Waals surface area contributed by atoms with Gasteiger partial charge in [0.15, 0.2) is 16.9 Å². The van der Waals surface area contributed by atoms with Crippen LogP contribution in [0.25, 0.3) is 0 Å². The highest BCUT2D eigenvalue weighted by atomic mass is 127. The van der Waals surface area contributed by atoms with Crippen molar-refractivity contribution in [1.29, 1.82) is 0 Å².